The molecule has 0 bridgehead atoms. The number of nitrogens with one attached hydrogen (secondary N) is 1. The van der Waals surface area contributed by atoms with Crippen LogP contribution in [-0.4, -0.2) is 44.1 Å². The first kappa shape index (κ1) is 15.9. The van der Waals surface area contributed by atoms with Crippen LogP contribution in [0.3, 0.4) is 0 Å². The first-order chi connectivity index (χ1) is 8.49. The zero-order chi connectivity index (χ0) is 13.6. The number of rotatable bonds is 7. The van der Waals surface area contributed by atoms with Gasteiger partial charge in [-0.3, -0.25) is 0 Å². The Kier molecular flexibility index (Phi) is 6.55. The number of hydrogen-bond acceptors (Lipinski definition) is 3. The summed E-state index contributed by atoms with van der Waals surface area (Å²) in [7, 11) is -1.83. The van der Waals surface area contributed by atoms with E-state index in [9.17, 15) is 8.42 Å². The van der Waals surface area contributed by atoms with Gasteiger partial charge < -0.3 is 5.11 Å². The van der Waals surface area contributed by atoms with Gasteiger partial charge in [-0.25, -0.2) is 0 Å². The summed E-state index contributed by atoms with van der Waals surface area (Å²) in [6.45, 7) is 2.56. The zero-order valence-corrected chi connectivity index (χ0v) is 12.2. The van der Waals surface area contributed by atoms with E-state index in [2.05, 4.69) is 11.6 Å². The average molecular weight is 278 g/mol. The molecule has 1 aliphatic carbocycles. The summed E-state index contributed by atoms with van der Waals surface area (Å²) in [4.78, 5) is 0. The highest BCUT2D eigenvalue weighted by molar-refractivity contribution is 7.87. The van der Waals surface area contributed by atoms with Crippen LogP contribution in [0, 0.1) is 5.92 Å². The van der Waals surface area contributed by atoms with Gasteiger partial charge in [0.05, 0.1) is 0 Å². The zero-order valence-electron chi connectivity index (χ0n) is 11.4. The van der Waals surface area contributed by atoms with Gasteiger partial charge >= 0.3 is 0 Å². The van der Waals surface area contributed by atoms with Gasteiger partial charge in [-0.2, -0.15) is 17.4 Å². The maximum absolute atomic E-state index is 12.0. The topological polar surface area (TPSA) is 69.6 Å². The van der Waals surface area contributed by atoms with E-state index in [1.165, 1.54) is 10.7 Å². The molecule has 0 aromatic rings. The van der Waals surface area contributed by atoms with Gasteiger partial charge in [0.1, 0.15) is 0 Å². The summed E-state index contributed by atoms with van der Waals surface area (Å²) in [6.07, 6.45) is 5.76. The lowest BCUT2D eigenvalue weighted by Gasteiger charge is -2.29. The van der Waals surface area contributed by atoms with Crippen LogP contribution in [0.2, 0.25) is 0 Å². The fraction of sp³-hybridized carbons (Fsp3) is 1.00. The van der Waals surface area contributed by atoms with Crippen molar-refractivity contribution in [2.75, 3.05) is 20.2 Å². The minimum atomic E-state index is -3.38. The molecule has 0 aromatic carbocycles. The highest BCUT2D eigenvalue weighted by Crippen LogP contribution is 2.26. The Morgan fingerprint density at radius 2 is 1.89 bits per heavy atom. The van der Waals surface area contributed by atoms with Crippen molar-refractivity contribution in [2.24, 2.45) is 5.92 Å². The van der Waals surface area contributed by atoms with Crippen LogP contribution in [-0.2, 0) is 10.2 Å². The predicted molar refractivity (Wildman–Crippen MR) is 72.4 cm³/mol. The molecule has 5 nitrogen and oxygen atoms in total. The predicted octanol–water partition coefficient (Wildman–Crippen LogP) is 1.10. The highest BCUT2D eigenvalue weighted by atomic mass is 32.2. The Morgan fingerprint density at radius 3 is 2.39 bits per heavy atom. The van der Waals surface area contributed by atoms with Crippen molar-refractivity contribution < 1.29 is 13.5 Å². The van der Waals surface area contributed by atoms with E-state index in [0.717, 1.165) is 31.6 Å². The molecule has 0 saturated heterocycles. The molecule has 1 fully saturated rings. The standard InChI is InChI=1S/C12H26N2O3S/c1-3-11-5-7-12(8-6-11)13-18(16,17)14(2)9-4-10-15/h11-13,15H,3-10H2,1-2H3. The van der Waals surface area contributed by atoms with E-state index >= 15 is 0 Å². The maximum Gasteiger partial charge on any atom is 0.279 e. The Hall–Kier alpha value is -0.170. The Balaban J connectivity index is 2.41. The van der Waals surface area contributed by atoms with Crippen molar-refractivity contribution in [1.29, 1.82) is 0 Å². The number of aliphatic hydroxyl groups is 1. The van der Waals surface area contributed by atoms with E-state index in [0.29, 0.717) is 13.0 Å². The molecule has 6 heteroatoms. The molecule has 1 saturated carbocycles. The summed E-state index contributed by atoms with van der Waals surface area (Å²) in [5.41, 5.74) is 0. The third kappa shape index (κ3) is 4.84. The van der Waals surface area contributed by atoms with Crippen molar-refractivity contribution in [3.63, 3.8) is 0 Å². The lowest BCUT2D eigenvalue weighted by atomic mass is 9.85. The van der Waals surface area contributed by atoms with Gasteiger partial charge in [0, 0.05) is 26.2 Å². The maximum atomic E-state index is 12.0. The van der Waals surface area contributed by atoms with Crippen molar-refractivity contribution in [1.82, 2.24) is 9.03 Å². The molecule has 2 N–H and O–H groups in total. The number of hydrogen-bond donors (Lipinski definition) is 2. The van der Waals surface area contributed by atoms with Crippen molar-refractivity contribution in [3.8, 4) is 0 Å². The second-order valence-corrected chi connectivity index (χ2v) is 6.96. The lowest BCUT2D eigenvalue weighted by Crippen LogP contribution is -2.45. The average Bonchev–Trinajstić information content (AvgIpc) is 2.36. The molecule has 0 aromatic heterocycles. The number of aliphatic hydroxyl groups excluding tert-OH is 1. The molecule has 0 heterocycles. The molecule has 1 rings (SSSR count). The van der Waals surface area contributed by atoms with Gasteiger partial charge in [0.15, 0.2) is 0 Å². The van der Waals surface area contributed by atoms with E-state index in [1.807, 2.05) is 0 Å². The molecule has 1 aliphatic rings. The Bertz CT molecular complexity index is 324. The van der Waals surface area contributed by atoms with Gasteiger partial charge in [0.2, 0.25) is 0 Å². The SMILES string of the molecule is CCC1CCC(NS(=O)(=O)N(C)CCCO)CC1. The van der Waals surface area contributed by atoms with Crippen LogP contribution in [0.5, 0.6) is 0 Å². The van der Waals surface area contributed by atoms with Gasteiger partial charge in [-0.1, -0.05) is 13.3 Å². The number of nitrogens with zero attached hydrogens (tertiary/aromatic N) is 1. The fourth-order valence-electron chi connectivity index (χ4n) is 2.40. The summed E-state index contributed by atoms with van der Waals surface area (Å²) in [5.74, 6) is 0.762. The fourth-order valence-corrected chi connectivity index (χ4v) is 3.61. The third-order valence-electron chi connectivity index (χ3n) is 3.78. The molecule has 108 valence electrons. The van der Waals surface area contributed by atoms with Gasteiger partial charge in [-0.05, 0) is 38.0 Å². The van der Waals surface area contributed by atoms with Crippen molar-refractivity contribution in [2.45, 2.75) is 51.5 Å². The Labute approximate surface area is 111 Å². The molecule has 0 radical (unpaired) electrons. The Morgan fingerprint density at radius 1 is 1.28 bits per heavy atom. The van der Waals surface area contributed by atoms with E-state index < -0.39 is 10.2 Å². The molecule has 0 atom stereocenters. The van der Waals surface area contributed by atoms with E-state index in [1.54, 1.807) is 7.05 Å². The quantitative estimate of drug-likeness (QED) is 0.733. The summed E-state index contributed by atoms with van der Waals surface area (Å²) in [6, 6.07) is 0.0781. The third-order valence-corrected chi connectivity index (χ3v) is 5.42. The summed E-state index contributed by atoms with van der Waals surface area (Å²) >= 11 is 0. The van der Waals surface area contributed by atoms with Crippen LogP contribution >= 0.6 is 0 Å². The van der Waals surface area contributed by atoms with E-state index in [-0.39, 0.29) is 12.6 Å². The second kappa shape index (κ2) is 7.43. The largest absolute Gasteiger partial charge is 0.396 e. The lowest BCUT2D eigenvalue weighted by molar-refractivity contribution is 0.273. The van der Waals surface area contributed by atoms with Crippen LogP contribution in [0.15, 0.2) is 0 Å². The van der Waals surface area contributed by atoms with E-state index in [4.69, 9.17) is 5.11 Å². The molecular formula is C12H26N2O3S. The van der Waals surface area contributed by atoms with Crippen molar-refractivity contribution >= 4 is 10.2 Å². The minimum Gasteiger partial charge on any atom is -0.396 e. The normalized spacial score (nSPS) is 25.6. The molecule has 0 aliphatic heterocycles. The molecule has 0 unspecified atom stereocenters. The van der Waals surface area contributed by atoms with Crippen LogP contribution in [0.25, 0.3) is 0 Å². The highest BCUT2D eigenvalue weighted by Gasteiger charge is 2.26. The molecule has 0 spiro atoms. The van der Waals surface area contributed by atoms with Crippen LogP contribution < -0.4 is 4.72 Å². The van der Waals surface area contributed by atoms with Gasteiger partial charge in [-0.15, -0.1) is 0 Å². The molecule has 0 amide bonds. The molecule has 18 heavy (non-hydrogen) atoms. The van der Waals surface area contributed by atoms with Gasteiger partial charge in [0.25, 0.3) is 10.2 Å². The molecular weight excluding hydrogens is 252 g/mol. The summed E-state index contributed by atoms with van der Waals surface area (Å²) in [5, 5.41) is 8.72. The monoisotopic (exact) mass is 278 g/mol. The first-order valence-corrected chi connectivity index (χ1v) is 8.28. The summed E-state index contributed by atoms with van der Waals surface area (Å²) < 4.78 is 28.0. The van der Waals surface area contributed by atoms with Crippen LogP contribution in [0.4, 0.5) is 0 Å². The smallest absolute Gasteiger partial charge is 0.279 e. The second-order valence-electron chi connectivity index (χ2n) is 5.15. The van der Waals surface area contributed by atoms with Crippen molar-refractivity contribution in [3.05, 3.63) is 0 Å². The van der Waals surface area contributed by atoms with Crippen LogP contribution in [0.1, 0.15) is 45.4 Å². The minimum absolute atomic E-state index is 0.0153. The first-order valence-electron chi connectivity index (χ1n) is 6.84.